The first-order valence-corrected chi connectivity index (χ1v) is 10.5. The lowest BCUT2D eigenvalue weighted by atomic mass is 9.93. The van der Waals surface area contributed by atoms with Crippen LogP contribution in [0.4, 0.5) is 0 Å². The molecule has 2 N–H and O–H groups in total. The zero-order chi connectivity index (χ0) is 18.9. The van der Waals surface area contributed by atoms with E-state index in [9.17, 15) is 8.42 Å². The van der Waals surface area contributed by atoms with Crippen LogP contribution < -0.4 is 4.72 Å². The van der Waals surface area contributed by atoms with Crippen molar-refractivity contribution < 1.29 is 13.2 Å². The lowest BCUT2D eigenvalue weighted by Crippen LogP contribution is -2.40. The van der Waals surface area contributed by atoms with Gasteiger partial charge in [0.2, 0.25) is 0 Å². The van der Waals surface area contributed by atoms with Gasteiger partial charge in [-0.15, -0.1) is 0 Å². The third kappa shape index (κ3) is 3.73. The number of hydrogen-bond acceptors (Lipinski definition) is 5. The summed E-state index contributed by atoms with van der Waals surface area (Å²) in [6.07, 6.45) is 4.53. The Morgan fingerprint density at radius 3 is 2.89 bits per heavy atom. The quantitative estimate of drug-likeness (QED) is 0.676. The van der Waals surface area contributed by atoms with Crippen molar-refractivity contribution in [1.29, 1.82) is 0 Å². The summed E-state index contributed by atoms with van der Waals surface area (Å²) < 4.78 is 33.7. The number of para-hydroxylation sites is 1. The number of rotatable bonds is 6. The van der Waals surface area contributed by atoms with Crippen LogP contribution in [0.3, 0.4) is 0 Å². The van der Waals surface area contributed by atoms with Crippen molar-refractivity contribution in [2.75, 3.05) is 13.2 Å². The highest BCUT2D eigenvalue weighted by Crippen LogP contribution is 2.25. The molecule has 142 valence electrons. The summed E-state index contributed by atoms with van der Waals surface area (Å²) >= 11 is 0. The monoisotopic (exact) mass is 386 g/mol. The molecule has 0 bridgehead atoms. The summed E-state index contributed by atoms with van der Waals surface area (Å²) in [5, 5.41) is 1.19. The van der Waals surface area contributed by atoms with Crippen molar-refractivity contribution in [3.05, 3.63) is 54.1 Å². The van der Waals surface area contributed by atoms with Crippen LogP contribution in [0.5, 0.6) is 0 Å². The van der Waals surface area contributed by atoms with E-state index in [4.69, 9.17) is 4.74 Å². The van der Waals surface area contributed by atoms with Gasteiger partial charge in [0, 0.05) is 23.9 Å². The Balaban J connectivity index is 1.54. The zero-order valence-corrected chi connectivity index (χ0v) is 15.9. The molecular weight excluding hydrogens is 364 g/mol. The number of aryl methyl sites for hydroxylation is 1. The SMILES string of the molecule is CCc1ncc(S(=O)(=O)N[C@H]2COC[C@H]2Cc2ccnc3ccccc23)[nH]1. The Labute approximate surface area is 158 Å². The number of ether oxygens (including phenoxy) is 1. The molecule has 0 unspecified atom stereocenters. The van der Waals surface area contributed by atoms with Crippen LogP contribution in [0.1, 0.15) is 18.3 Å². The molecule has 7 nitrogen and oxygen atoms in total. The molecule has 8 heteroatoms. The van der Waals surface area contributed by atoms with E-state index in [0.29, 0.717) is 25.5 Å². The van der Waals surface area contributed by atoms with Gasteiger partial charge in [0.25, 0.3) is 10.0 Å². The fraction of sp³-hybridized carbons (Fsp3) is 0.368. The van der Waals surface area contributed by atoms with Crippen LogP contribution in [-0.2, 0) is 27.6 Å². The lowest BCUT2D eigenvalue weighted by Gasteiger charge is -2.19. The minimum atomic E-state index is -3.66. The molecule has 1 saturated heterocycles. The van der Waals surface area contributed by atoms with E-state index in [0.717, 1.165) is 22.9 Å². The highest BCUT2D eigenvalue weighted by atomic mass is 32.2. The highest BCUT2D eigenvalue weighted by Gasteiger charge is 2.33. The predicted octanol–water partition coefficient (Wildman–Crippen LogP) is 2.06. The van der Waals surface area contributed by atoms with Gasteiger partial charge in [-0.25, -0.2) is 18.1 Å². The Morgan fingerprint density at radius 2 is 2.07 bits per heavy atom. The number of imidazole rings is 1. The van der Waals surface area contributed by atoms with Gasteiger partial charge in [-0.2, -0.15) is 0 Å². The first-order valence-electron chi connectivity index (χ1n) is 9.03. The van der Waals surface area contributed by atoms with Crippen molar-refractivity contribution in [3.63, 3.8) is 0 Å². The van der Waals surface area contributed by atoms with Crippen LogP contribution in [0.25, 0.3) is 10.9 Å². The molecule has 2 aromatic heterocycles. The molecule has 0 aliphatic carbocycles. The minimum absolute atomic E-state index is 0.0548. The van der Waals surface area contributed by atoms with Gasteiger partial charge in [-0.3, -0.25) is 4.98 Å². The number of hydrogen-bond donors (Lipinski definition) is 2. The number of sulfonamides is 1. The molecule has 3 heterocycles. The van der Waals surface area contributed by atoms with Gasteiger partial charge in [0.15, 0.2) is 5.03 Å². The third-order valence-electron chi connectivity index (χ3n) is 4.96. The van der Waals surface area contributed by atoms with Crippen molar-refractivity contribution >= 4 is 20.9 Å². The fourth-order valence-corrected chi connectivity index (χ4v) is 4.70. The molecule has 1 aliphatic heterocycles. The average molecular weight is 386 g/mol. The molecule has 1 aromatic carbocycles. The second kappa shape index (κ2) is 7.38. The van der Waals surface area contributed by atoms with Crippen LogP contribution in [0.2, 0.25) is 0 Å². The van der Waals surface area contributed by atoms with Crippen LogP contribution in [0.15, 0.2) is 47.8 Å². The summed E-state index contributed by atoms with van der Waals surface area (Å²) in [5.74, 6) is 0.706. The smallest absolute Gasteiger partial charge is 0.257 e. The number of nitrogens with zero attached hydrogens (tertiary/aromatic N) is 2. The van der Waals surface area contributed by atoms with Crippen molar-refractivity contribution in [2.45, 2.75) is 30.8 Å². The lowest BCUT2D eigenvalue weighted by molar-refractivity contribution is 0.183. The number of benzene rings is 1. The van der Waals surface area contributed by atoms with Gasteiger partial charge in [0.05, 0.1) is 31.0 Å². The molecule has 3 aromatic rings. The van der Waals surface area contributed by atoms with Crippen LogP contribution in [-0.4, -0.2) is 42.6 Å². The summed E-state index contributed by atoms with van der Waals surface area (Å²) in [6, 6.07) is 9.69. The summed E-state index contributed by atoms with van der Waals surface area (Å²) in [6.45, 7) is 2.80. The van der Waals surface area contributed by atoms with E-state index in [1.807, 2.05) is 37.3 Å². The molecule has 1 fully saturated rings. The summed E-state index contributed by atoms with van der Waals surface area (Å²) in [5.41, 5.74) is 2.09. The molecule has 0 amide bonds. The molecule has 27 heavy (non-hydrogen) atoms. The van der Waals surface area contributed by atoms with E-state index >= 15 is 0 Å². The largest absolute Gasteiger partial charge is 0.379 e. The van der Waals surface area contributed by atoms with Gasteiger partial charge < -0.3 is 9.72 Å². The first kappa shape index (κ1) is 18.1. The van der Waals surface area contributed by atoms with Gasteiger partial charge in [-0.1, -0.05) is 25.1 Å². The number of nitrogens with one attached hydrogen (secondary N) is 2. The average Bonchev–Trinajstić information content (AvgIpc) is 3.32. The fourth-order valence-electron chi connectivity index (χ4n) is 3.47. The maximum absolute atomic E-state index is 12.7. The van der Waals surface area contributed by atoms with Crippen molar-refractivity contribution in [2.24, 2.45) is 5.92 Å². The topological polar surface area (TPSA) is 97.0 Å². The van der Waals surface area contributed by atoms with Crippen LogP contribution in [0, 0.1) is 5.92 Å². The summed E-state index contributed by atoms with van der Waals surface area (Å²) in [4.78, 5) is 11.3. The third-order valence-corrected chi connectivity index (χ3v) is 6.36. The molecule has 1 aliphatic rings. The van der Waals surface area contributed by atoms with Crippen molar-refractivity contribution in [1.82, 2.24) is 19.7 Å². The first-order chi connectivity index (χ1) is 13.1. The number of aromatic nitrogens is 3. The van der Waals surface area contributed by atoms with E-state index in [1.54, 1.807) is 6.20 Å². The summed E-state index contributed by atoms with van der Waals surface area (Å²) in [7, 11) is -3.66. The van der Waals surface area contributed by atoms with Gasteiger partial charge >= 0.3 is 0 Å². The normalized spacial score (nSPS) is 20.3. The van der Waals surface area contributed by atoms with E-state index in [2.05, 4.69) is 19.7 Å². The Hall–Kier alpha value is -2.29. The zero-order valence-electron chi connectivity index (χ0n) is 15.1. The Kier molecular flexibility index (Phi) is 4.94. The predicted molar refractivity (Wildman–Crippen MR) is 102 cm³/mol. The second-order valence-corrected chi connectivity index (χ2v) is 8.45. The molecule has 0 radical (unpaired) electrons. The van der Waals surface area contributed by atoms with Crippen molar-refractivity contribution in [3.8, 4) is 0 Å². The van der Waals surface area contributed by atoms with Crippen LogP contribution >= 0.6 is 0 Å². The van der Waals surface area contributed by atoms with E-state index in [1.165, 1.54) is 6.20 Å². The molecule has 4 rings (SSSR count). The molecule has 0 saturated carbocycles. The minimum Gasteiger partial charge on any atom is -0.379 e. The highest BCUT2D eigenvalue weighted by molar-refractivity contribution is 7.89. The standard InChI is InChI=1S/C19H22N4O3S/c1-2-18-21-10-19(22-18)27(24,25)23-17-12-26-11-14(17)9-13-7-8-20-16-6-4-3-5-15(13)16/h3-8,10,14,17,23H,2,9,11-12H2,1H3,(H,21,22)/t14-,17+/m1/s1. The van der Waals surface area contributed by atoms with E-state index < -0.39 is 10.0 Å². The maximum Gasteiger partial charge on any atom is 0.257 e. The van der Waals surface area contributed by atoms with E-state index in [-0.39, 0.29) is 17.0 Å². The Morgan fingerprint density at radius 1 is 1.22 bits per heavy atom. The number of pyridine rings is 1. The number of fused-ring (bicyclic) bond motifs is 1. The van der Waals surface area contributed by atoms with Gasteiger partial charge in [0.1, 0.15) is 5.82 Å². The number of aromatic amines is 1. The molecule has 0 spiro atoms. The maximum atomic E-state index is 12.7. The molecular formula is C19H22N4O3S. The molecule has 2 atom stereocenters. The second-order valence-electron chi connectivity index (χ2n) is 6.76. The van der Waals surface area contributed by atoms with Gasteiger partial charge in [-0.05, 0) is 24.1 Å². The Bertz CT molecular complexity index is 1040. The number of H-pyrrole nitrogens is 1.